The molecule has 0 aromatic carbocycles. The van der Waals surface area contributed by atoms with Crippen molar-refractivity contribution >= 4 is 5.91 Å². The number of hydrogen-bond donors (Lipinski definition) is 1. The summed E-state index contributed by atoms with van der Waals surface area (Å²) in [6.07, 6.45) is 20.6. The van der Waals surface area contributed by atoms with Crippen LogP contribution in [-0.4, -0.2) is 19.1 Å². The predicted octanol–water partition coefficient (Wildman–Crippen LogP) is 7.20. The minimum atomic E-state index is -0.000211. The average Bonchev–Trinajstić information content (AvgIpc) is 2.68. The number of rotatable bonds is 21. The third kappa shape index (κ3) is 18.6. The molecule has 0 aliphatic carbocycles. The van der Waals surface area contributed by atoms with Gasteiger partial charge in [0.15, 0.2) is 0 Å². The second-order valence-electron chi connectivity index (χ2n) is 7.92. The number of carbonyl (C=O) groups excluding carboxylic acids is 1. The normalized spacial score (nSPS) is 12.3. The van der Waals surface area contributed by atoms with Gasteiger partial charge < -0.3 is 10.1 Å². The van der Waals surface area contributed by atoms with Crippen LogP contribution >= 0.6 is 0 Å². The minimum Gasteiger partial charge on any atom is -0.381 e. The maximum atomic E-state index is 12.0. The van der Waals surface area contributed by atoms with Crippen molar-refractivity contribution in [2.75, 3.05) is 13.2 Å². The van der Waals surface area contributed by atoms with Crippen molar-refractivity contribution < 1.29 is 9.53 Å². The summed E-state index contributed by atoms with van der Waals surface area (Å²) in [5.41, 5.74) is 0. The molecule has 0 heterocycles. The Morgan fingerprint density at radius 1 is 0.778 bits per heavy atom. The van der Waals surface area contributed by atoms with Gasteiger partial charge in [0.1, 0.15) is 0 Å². The van der Waals surface area contributed by atoms with Gasteiger partial charge in [-0.2, -0.15) is 0 Å². The maximum Gasteiger partial charge on any atom is 0.225 e. The van der Waals surface area contributed by atoms with E-state index in [1.54, 1.807) is 0 Å². The van der Waals surface area contributed by atoms with E-state index in [-0.39, 0.29) is 11.8 Å². The summed E-state index contributed by atoms with van der Waals surface area (Å²) in [6.45, 7) is 9.62. The van der Waals surface area contributed by atoms with Crippen LogP contribution in [0.4, 0.5) is 0 Å². The van der Waals surface area contributed by atoms with E-state index in [2.05, 4.69) is 19.2 Å². The van der Waals surface area contributed by atoms with Gasteiger partial charge >= 0.3 is 0 Å². The number of carbonyl (C=O) groups is 1. The zero-order valence-electron chi connectivity index (χ0n) is 18.7. The zero-order valence-corrected chi connectivity index (χ0v) is 18.7. The first-order valence-electron chi connectivity index (χ1n) is 12.0. The highest BCUT2D eigenvalue weighted by atomic mass is 16.5. The predicted molar refractivity (Wildman–Crippen MR) is 118 cm³/mol. The molecule has 0 aromatic heterocycles. The topological polar surface area (TPSA) is 38.3 Å². The molecule has 161 valence electrons. The summed E-state index contributed by atoms with van der Waals surface area (Å²) in [7, 11) is 0. The van der Waals surface area contributed by atoms with Crippen LogP contribution in [0.25, 0.3) is 0 Å². The molecule has 1 atom stereocenters. The summed E-state index contributed by atoms with van der Waals surface area (Å²) in [5.74, 6) is 0.115. The van der Waals surface area contributed by atoms with E-state index >= 15 is 0 Å². The Hall–Kier alpha value is -0.570. The van der Waals surface area contributed by atoms with Gasteiger partial charge in [-0.25, -0.2) is 0 Å². The highest BCUT2D eigenvalue weighted by Gasteiger charge is 2.17. The van der Waals surface area contributed by atoms with Crippen LogP contribution in [0.2, 0.25) is 0 Å². The van der Waals surface area contributed by atoms with Crippen molar-refractivity contribution in [2.45, 2.75) is 124 Å². The molecule has 0 spiro atoms. The second-order valence-corrected chi connectivity index (χ2v) is 7.92. The molecule has 1 amide bonds. The van der Waals surface area contributed by atoms with E-state index in [1.165, 1.54) is 77.0 Å². The van der Waals surface area contributed by atoms with Crippen LogP contribution in [0.5, 0.6) is 0 Å². The molecule has 1 unspecified atom stereocenters. The average molecular weight is 383 g/mol. The Kier molecular flexibility index (Phi) is 21.3. The number of nitrogens with one attached hydrogen (secondary N) is 1. The van der Waals surface area contributed by atoms with Crippen LogP contribution in [0.15, 0.2) is 0 Å². The summed E-state index contributed by atoms with van der Waals surface area (Å²) in [4.78, 5) is 12.0. The number of amides is 1. The Labute approximate surface area is 170 Å². The number of unbranched alkanes of at least 4 members (excludes halogenated alkanes) is 12. The van der Waals surface area contributed by atoms with E-state index in [0.717, 1.165) is 32.3 Å². The highest BCUT2D eigenvalue weighted by molar-refractivity contribution is 5.79. The summed E-state index contributed by atoms with van der Waals surface area (Å²) < 4.78 is 5.77. The summed E-state index contributed by atoms with van der Waals surface area (Å²) in [6, 6.07) is 0. The first kappa shape index (κ1) is 26.4. The smallest absolute Gasteiger partial charge is 0.225 e. The van der Waals surface area contributed by atoms with Gasteiger partial charge in [0.2, 0.25) is 5.91 Å². The Morgan fingerprint density at radius 3 is 1.78 bits per heavy atom. The van der Waals surface area contributed by atoms with Crippen LogP contribution < -0.4 is 5.32 Å². The third-order valence-corrected chi connectivity index (χ3v) is 5.17. The van der Waals surface area contributed by atoms with Gasteiger partial charge in [0.05, 0.1) is 12.5 Å². The fraction of sp³-hybridized carbons (Fsp3) is 0.917. The fourth-order valence-electron chi connectivity index (χ4n) is 3.41. The van der Waals surface area contributed by atoms with Crippen LogP contribution in [0.3, 0.4) is 0 Å². The van der Waals surface area contributed by atoms with Crippen molar-refractivity contribution in [3.8, 4) is 0 Å². The lowest BCUT2D eigenvalue weighted by atomic mass is 10.0. The van der Waals surface area contributed by atoms with Gasteiger partial charge in [-0.3, -0.25) is 4.79 Å². The van der Waals surface area contributed by atoms with Gasteiger partial charge in [-0.05, 0) is 19.3 Å². The molecule has 0 fully saturated rings. The molecule has 0 rings (SSSR count). The quantitative estimate of drug-likeness (QED) is 0.213. The molecule has 0 saturated carbocycles. The Balaban J connectivity index is 3.38. The zero-order chi connectivity index (χ0) is 20.0. The molecule has 1 N–H and O–H groups in total. The van der Waals surface area contributed by atoms with Crippen molar-refractivity contribution in [3.05, 3.63) is 6.54 Å². The van der Waals surface area contributed by atoms with Crippen LogP contribution in [0.1, 0.15) is 124 Å². The molecular weight excluding hydrogens is 334 g/mol. The molecule has 0 aromatic rings. The third-order valence-electron chi connectivity index (χ3n) is 5.17. The summed E-state index contributed by atoms with van der Waals surface area (Å²) in [5, 5.41) is 2.88. The van der Waals surface area contributed by atoms with Gasteiger partial charge in [-0.15, -0.1) is 0 Å². The molecule has 0 aliphatic heterocycles. The van der Waals surface area contributed by atoms with Gasteiger partial charge in [-0.1, -0.05) is 104 Å². The Bertz CT molecular complexity index is 307. The Morgan fingerprint density at radius 2 is 1.30 bits per heavy atom. The van der Waals surface area contributed by atoms with Crippen LogP contribution in [0, 0.1) is 12.5 Å². The molecule has 0 aliphatic rings. The van der Waals surface area contributed by atoms with Crippen LogP contribution in [-0.2, 0) is 9.53 Å². The summed E-state index contributed by atoms with van der Waals surface area (Å²) >= 11 is 0. The molecular formula is C24H48NO2. The van der Waals surface area contributed by atoms with E-state index in [4.69, 9.17) is 4.74 Å². The molecule has 3 heteroatoms. The fourth-order valence-corrected chi connectivity index (χ4v) is 3.41. The SMILES string of the molecule is CC[CH]NC(=O)C(CCC)COCCCCCCCCCCCCCCC. The van der Waals surface area contributed by atoms with E-state index < -0.39 is 0 Å². The maximum absolute atomic E-state index is 12.0. The van der Waals surface area contributed by atoms with Crippen molar-refractivity contribution in [1.29, 1.82) is 0 Å². The van der Waals surface area contributed by atoms with E-state index in [9.17, 15) is 4.79 Å². The van der Waals surface area contributed by atoms with Crippen molar-refractivity contribution in [3.63, 3.8) is 0 Å². The van der Waals surface area contributed by atoms with Crippen molar-refractivity contribution in [2.24, 2.45) is 5.92 Å². The molecule has 1 radical (unpaired) electrons. The first-order valence-corrected chi connectivity index (χ1v) is 12.0. The lowest BCUT2D eigenvalue weighted by Gasteiger charge is -2.16. The lowest BCUT2D eigenvalue weighted by molar-refractivity contribution is -0.126. The monoisotopic (exact) mass is 382 g/mol. The lowest BCUT2D eigenvalue weighted by Crippen LogP contribution is -2.31. The second kappa shape index (κ2) is 21.7. The molecule has 0 bridgehead atoms. The van der Waals surface area contributed by atoms with Crippen molar-refractivity contribution in [1.82, 2.24) is 5.32 Å². The highest BCUT2D eigenvalue weighted by Crippen LogP contribution is 2.13. The molecule has 0 saturated heterocycles. The van der Waals surface area contributed by atoms with E-state index in [0.29, 0.717) is 6.61 Å². The largest absolute Gasteiger partial charge is 0.381 e. The minimum absolute atomic E-state index is 0.000211. The van der Waals surface area contributed by atoms with Gasteiger partial charge in [0, 0.05) is 13.2 Å². The number of hydrogen-bond acceptors (Lipinski definition) is 2. The first-order chi connectivity index (χ1) is 13.3. The van der Waals surface area contributed by atoms with E-state index in [1.807, 2.05) is 13.5 Å². The molecule has 27 heavy (non-hydrogen) atoms. The van der Waals surface area contributed by atoms with Gasteiger partial charge in [0.25, 0.3) is 0 Å². The standard InChI is InChI=1S/C24H48NO2/c1-4-7-8-9-10-11-12-13-14-15-16-17-18-21-27-22-23(19-5-2)24(26)25-20-6-3/h20,23H,4-19,21-22H2,1-3H3,(H,25,26). The number of ether oxygens (including phenoxy) is 1. The molecule has 3 nitrogen and oxygen atoms in total.